The summed E-state index contributed by atoms with van der Waals surface area (Å²) in [7, 11) is 0. The molecule has 0 spiro atoms. The number of hydrogen-bond donors (Lipinski definition) is 3. The summed E-state index contributed by atoms with van der Waals surface area (Å²) < 4.78 is 0. The van der Waals surface area contributed by atoms with Crippen LogP contribution in [0.25, 0.3) is 0 Å². The predicted octanol–water partition coefficient (Wildman–Crippen LogP) is 1.59. The quantitative estimate of drug-likeness (QED) is 0.715. The molecular weight excluding hydrogens is 292 g/mol. The molecule has 1 aromatic carbocycles. The zero-order valence-electron chi connectivity index (χ0n) is 12.2. The Morgan fingerprint density at radius 3 is 2.62 bits per heavy atom. The molecule has 1 aromatic rings. The lowest BCUT2D eigenvalue weighted by Gasteiger charge is -2.14. The van der Waals surface area contributed by atoms with Crippen molar-refractivity contribution in [2.45, 2.75) is 26.4 Å². The normalized spacial score (nSPS) is 13.3. The average molecular weight is 313 g/mol. The van der Waals surface area contributed by atoms with Crippen LogP contribution in [0.5, 0.6) is 0 Å². The van der Waals surface area contributed by atoms with Crippen LogP contribution in [0.15, 0.2) is 24.3 Å². The Morgan fingerprint density at radius 1 is 1.29 bits per heavy atom. The van der Waals surface area contributed by atoms with E-state index in [9.17, 15) is 14.7 Å². The van der Waals surface area contributed by atoms with Gasteiger partial charge in [0.2, 0.25) is 5.91 Å². The molecule has 0 aliphatic carbocycles. The molecule has 0 saturated carbocycles. The van der Waals surface area contributed by atoms with E-state index in [0.29, 0.717) is 23.6 Å². The van der Waals surface area contributed by atoms with Crippen LogP contribution in [-0.4, -0.2) is 36.1 Å². The summed E-state index contributed by atoms with van der Waals surface area (Å²) in [5.74, 6) is -0.426. The monoisotopic (exact) mass is 312 g/mol. The van der Waals surface area contributed by atoms with Crippen molar-refractivity contribution in [1.82, 2.24) is 10.6 Å². The molecule has 2 amide bonds. The summed E-state index contributed by atoms with van der Waals surface area (Å²) in [4.78, 5) is 23.4. The van der Waals surface area contributed by atoms with E-state index in [1.165, 1.54) is 0 Å². The highest BCUT2D eigenvalue weighted by atomic mass is 35.5. The molecule has 0 saturated heterocycles. The van der Waals surface area contributed by atoms with Crippen molar-refractivity contribution >= 4 is 23.4 Å². The molecular formula is C15H21ClN2O3. The molecule has 0 aliphatic heterocycles. The van der Waals surface area contributed by atoms with Gasteiger partial charge in [0.05, 0.1) is 12.6 Å². The smallest absolute Gasteiger partial charge is 0.251 e. The number of hydrogen-bond acceptors (Lipinski definition) is 3. The van der Waals surface area contributed by atoms with Crippen molar-refractivity contribution < 1.29 is 14.7 Å². The first-order valence-corrected chi connectivity index (χ1v) is 7.24. The average Bonchev–Trinajstić information content (AvgIpc) is 2.41. The third-order valence-electron chi connectivity index (χ3n) is 2.89. The maximum absolute atomic E-state index is 11.8. The topological polar surface area (TPSA) is 78.4 Å². The second-order valence-corrected chi connectivity index (χ2v) is 5.62. The summed E-state index contributed by atoms with van der Waals surface area (Å²) in [5.41, 5.74) is 0.415. The highest BCUT2D eigenvalue weighted by Crippen LogP contribution is 2.10. The van der Waals surface area contributed by atoms with Crippen LogP contribution in [0, 0.1) is 5.92 Å². The van der Waals surface area contributed by atoms with E-state index in [-0.39, 0.29) is 30.4 Å². The fraction of sp³-hybridized carbons (Fsp3) is 0.467. The van der Waals surface area contributed by atoms with Crippen LogP contribution >= 0.6 is 11.6 Å². The molecule has 3 N–H and O–H groups in total. The van der Waals surface area contributed by atoms with Gasteiger partial charge in [0.1, 0.15) is 0 Å². The van der Waals surface area contributed by atoms with Gasteiger partial charge < -0.3 is 15.7 Å². The van der Waals surface area contributed by atoms with Gasteiger partial charge in [-0.15, -0.1) is 0 Å². The molecule has 0 bridgehead atoms. The zero-order chi connectivity index (χ0) is 15.8. The Balaban J connectivity index is 2.31. The number of halogens is 1. The molecule has 1 rings (SSSR count). The van der Waals surface area contributed by atoms with Crippen molar-refractivity contribution in [2.24, 2.45) is 5.92 Å². The third kappa shape index (κ3) is 7.11. The maximum atomic E-state index is 11.8. The molecule has 0 heterocycles. The van der Waals surface area contributed by atoms with Crippen LogP contribution < -0.4 is 10.6 Å². The number of nitrogens with one attached hydrogen (secondary N) is 2. The van der Waals surface area contributed by atoms with E-state index in [1.807, 2.05) is 6.92 Å². The molecule has 5 nitrogen and oxygen atoms in total. The lowest BCUT2D eigenvalue weighted by Crippen LogP contribution is -2.38. The number of benzene rings is 1. The van der Waals surface area contributed by atoms with Crippen molar-refractivity contribution in [2.75, 3.05) is 13.1 Å². The molecule has 21 heavy (non-hydrogen) atoms. The number of aliphatic hydroxyl groups is 1. The van der Waals surface area contributed by atoms with Gasteiger partial charge in [-0.3, -0.25) is 9.59 Å². The first-order valence-electron chi connectivity index (χ1n) is 6.87. The minimum Gasteiger partial charge on any atom is -0.393 e. The minimum atomic E-state index is -0.389. The molecule has 6 heteroatoms. The first kappa shape index (κ1) is 17.5. The van der Waals surface area contributed by atoms with E-state index in [2.05, 4.69) is 10.6 Å². The lowest BCUT2D eigenvalue weighted by atomic mass is 10.1. The fourth-order valence-corrected chi connectivity index (χ4v) is 2.10. The largest absolute Gasteiger partial charge is 0.393 e. The number of carbonyl (C=O) groups is 2. The van der Waals surface area contributed by atoms with Gasteiger partial charge >= 0.3 is 0 Å². The van der Waals surface area contributed by atoms with Gasteiger partial charge in [-0.2, -0.15) is 0 Å². The number of amides is 2. The van der Waals surface area contributed by atoms with E-state index < -0.39 is 0 Å². The van der Waals surface area contributed by atoms with Gasteiger partial charge in [0, 0.05) is 17.1 Å². The van der Waals surface area contributed by atoms with Crippen LogP contribution in [0.4, 0.5) is 0 Å². The van der Waals surface area contributed by atoms with Crippen LogP contribution in [0.1, 0.15) is 30.6 Å². The molecule has 0 radical (unpaired) electrons. The zero-order valence-corrected chi connectivity index (χ0v) is 13.0. The van der Waals surface area contributed by atoms with E-state index >= 15 is 0 Å². The van der Waals surface area contributed by atoms with Crippen molar-refractivity contribution in [1.29, 1.82) is 0 Å². The van der Waals surface area contributed by atoms with Gasteiger partial charge in [-0.1, -0.05) is 24.6 Å². The van der Waals surface area contributed by atoms with Crippen molar-refractivity contribution in [3.05, 3.63) is 34.9 Å². The molecule has 0 aromatic heterocycles. The van der Waals surface area contributed by atoms with Gasteiger partial charge in [0.25, 0.3) is 5.91 Å². The molecule has 0 aliphatic rings. The SMILES string of the molecule is CC(O)CC(C)CNC(=O)CNC(=O)c1cccc(Cl)c1. The standard InChI is InChI=1S/C15H21ClN2O3/c1-10(6-11(2)19)8-17-14(20)9-18-15(21)12-4-3-5-13(16)7-12/h3-5,7,10-11,19H,6,8-9H2,1-2H3,(H,17,20)(H,18,21). The summed E-state index contributed by atoms with van der Waals surface area (Å²) in [6, 6.07) is 6.52. The third-order valence-corrected chi connectivity index (χ3v) is 3.12. The first-order chi connectivity index (χ1) is 9.88. The Kier molecular flexibility index (Phi) is 7.19. The Hall–Kier alpha value is -1.59. The fourth-order valence-electron chi connectivity index (χ4n) is 1.91. The van der Waals surface area contributed by atoms with E-state index in [1.54, 1.807) is 31.2 Å². The van der Waals surface area contributed by atoms with Crippen molar-refractivity contribution in [3.8, 4) is 0 Å². The minimum absolute atomic E-state index is 0.0905. The van der Waals surface area contributed by atoms with Crippen molar-refractivity contribution in [3.63, 3.8) is 0 Å². The number of carbonyl (C=O) groups excluding carboxylic acids is 2. The summed E-state index contributed by atoms with van der Waals surface area (Å²) in [6.45, 7) is 4.03. The predicted molar refractivity (Wildman–Crippen MR) is 82.3 cm³/mol. The van der Waals surface area contributed by atoms with Crippen LogP contribution in [-0.2, 0) is 4.79 Å². The Morgan fingerprint density at radius 2 is 2.00 bits per heavy atom. The molecule has 2 unspecified atom stereocenters. The Labute approximate surface area is 129 Å². The highest BCUT2D eigenvalue weighted by Gasteiger charge is 2.10. The number of aliphatic hydroxyl groups excluding tert-OH is 1. The lowest BCUT2D eigenvalue weighted by molar-refractivity contribution is -0.120. The van der Waals surface area contributed by atoms with Gasteiger partial charge in [-0.05, 0) is 37.5 Å². The Bertz CT molecular complexity index is 492. The molecule has 0 fully saturated rings. The number of rotatable bonds is 7. The highest BCUT2D eigenvalue weighted by molar-refractivity contribution is 6.30. The maximum Gasteiger partial charge on any atom is 0.251 e. The molecule has 116 valence electrons. The summed E-state index contributed by atoms with van der Waals surface area (Å²) in [6.07, 6.45) is 0.231. The second-order valence-electron chi connectivity index (χ2n) is 5.19. The molecule has 2 atom stereocenters. The van der Waals surface area contributed by atoms with Gasteiger partial charge in [-0.25, -0.2) is 0 Å². The second kappa shape index (κ2) is 8.64. The van der Waals surface area contributed by atoms with Gasteiger partial charge in [0.15, 0.2) is 0 Å². The summed E-state index contributed by atoms with van der Waals surface area (Å²) in [5, 5.41) is 15.0. The van der Waals surface area contributed by atoms with Crippen LogP contribution in [0.3, 0.4) is 0 Å². The summed E-state index contributed by atoms with van der Waals surface area (Å²) >= 11 is 5.80. The van der Waals surface area contributed by atoms with E-state index in [4.69, 9.17) is 11.6 Å². The van der Waals surface area contributed by atoms with E-state index in [0.717, 1.165) is 0 Å². The van der Waals surface area contributed by atoms with Crippen LogP contribution in [0.2, 0.25) is 5.02 Å².